The largest absolute Gasteiger partial charge is 0.492 e. The number of aromatic nitrogens is 3. The second-order valence-corrected chi connectivity index (χ2v) is 14.7. The normalized spacial score (nSPS) is 14.7. The molecule has 0 spiro atoms. The second kappa shape index (κ2) is 12.8. The number of anilines is 3. The lowest BCUT2D eigenvalue weighted by Gasteiger charge is -2.35. The molecule has 0 aliphatic carbocycles. The zero-order valence-corrected chi connectivity index (χ0v) is 28.5. The molecule has 0 unspecified atom stereocenters. The fourth-order valence-corrected chi connectivity index (χ4v) is 6.28. The van der Waals surface area contributed by atoms with Crippen LogP contribution in [0.15, 0.2) is 48.7 Å². The van der Waals surface area contributed by atoms with Crippen molar-refractivity contribution in [3.63, 3.8) is 0 Å². The van der Waals surface area contributed by atoms with Crippen LogP contribution >= 0.6 is 0 Å². The highest BCUT2D eigenvalue weighted by atomic mass is 32.2. The second-order valence-electron chi connectivity index (χ2n) is 12.9. The van der Waals surface area contributed by atoms with Gasteiger partial charge in [0.05, 0.1) is 30.3 Å². The van der Waals surface area contributed by atoms with Gasteiger partial charge in [-0.25, -0.2) is 13.4 Å². The van der Waals surface area contributed by atoms with E-state index in [0.29, 0.717) is 40.5 Å². The number of benzene rings is 2. The van der Waals surface area contributed by atoms with Gasteiger partial charge in [0.2, 0.25) is 21.9 Å². The first kappa shape index (κ1) is 33.0. The third-order valence-corrected chi connectivity index (χ3v) is 8.93. The van der Waals surface area contributed by atoms with Gasteiger partial charge < -0.3 is 29.2 Å². The van der Waals surface area contributed by atoms with Gasteiger partial charge in [-0.15, -0.1) is 0 Å². The summed E-state index contributed by atoms with van der Waals surface area (Å²) in [5.41, 5.74) is 2.15. The topological polar surface area (TPSA) is 131 Å². The third kappa shape index (κ3) is 7.20. The van der Waals surface area contributed by atoms with Gasteiger partial charge in [-0.05, 0) is 68.2 Å². The first-order valence-corrected chi connectivity index (χ1v) is 17.1. The first-order chi connectivity index (χ1) is 21.6. The maximum atomic E-state index is 13.8. The van der Waals surface area contributed by atoms with Crippen LogP contribution in [0.4, 0.5) is 17.3 Å². The Bertz CT molecular complexity index is 1860. The van der Waals surface area contributed by atoms with Gasteiger partial charge in [-0.2, -0.15) is 4.98 Å². The smallest absolute Gasteiger partial charge is 0.272 e. The van der Waals surface area contributed by atoms with Gasteiger partial charge in [0.1, 0.15) is 5.69 Å². The molecule has 3 heterocycles. The molecule has 13 heteroatoms. The fraction of sp³-hybridized carbons (Fsp3) is 0.424. The van der Waals surface area contributed by atoms with Crippen molar-refractivity contribution in [1.29, 1.82) is 0 Å². The van der Waals surface area contributed by atoms with E-state index in [1.54, 1.807) is 42.1 Å². The van der Waals surface area contributed by atoms with Gasteiger partial charge in [-0.1, -0.05) is 32.9 Å². The van der Waals surface area contributed by atoms with E-state index in [1.165, 1.54) is 7.11 Å². The Labute approximate surface area is 270 Å². The average molecular weight is 650 g/mol. The van der Waals surface area contributed by atoms with Gasteiger partial charge in [-0.3, -0.25) is 9.52 Å². The summed E-state index contributed by atoms with van der Waals surface area (Å²) in [5.74, 6) is 1.35. The van der Waals surface area contributed by atoms with Crippen molar-refractivity contribution in [2.24, 2.45) is 7.05 Å². The maximum absolute atomic E-state index is 13.8. The first-order valence-electron chi connectivity index (χ1n) is 15.2. The van der Waals surface area contributed by atoms with Crippen molar-refractivity contribution in [1.82, 2.24) is 19.4 Å². The molecule has 1 amide bonds. The summed E-state index contributed by atoms with van der Waals surface area (Å²) in [5, 5.41) is 3.76. The van der Waals surface area contributed by atoms with Crippen molar-refractivity contribution < 1.29 is 22.7 Å². The molecular formula is C33H43N7O5S. The maximum Gasteiger partial charge on any atom is 0.272 e. The molecule has 1 aliphatic rings. The number of amides is 1. The molecule has 1 saturated heterocycles. The van der Waals surface area contributed by atoms with Crippen molar-refractivity contribution in [2.75, 3.05) is 55.5 Å². The number of carbonyl (C=O) groups excluding carboxylic acids is 1. The Morgan fingerprint density at radius 1 is 1.07 bits per heavy atom. The molecule has 46 heavy (non-hydrogen) atoms. The molecule has 0 atom stereocenters. The van der Waals surface area contributed by atoms with Crippen LogP contribution in [0.3, 0.4) is 0 Å². The number of hydrogen-bond donors (Lipinski definition) is 2. The zero-order valence-electron chi connectivity index (χ0n) is 27.7. The minimum atomic E-state index is -3.61. The minimum Gasteiger partial charge on any atom is -0.492 e. The highest BCUT2D eigenvalue weighted by Gasteiger charge is 2.25. The van der Waals surface area contributed by atoms with Gasteiger partial charge in [0.25, 0.3) is 5.91 Å². The predicted molar refractivity (Wildman–Crippen MR) is 182 cm³/mol. The molecular weight excluding hydrogens is 606 g/mol. The summed E-state index contributed by atoms with van der Waals surface area (Å²) in [7, 11) is 3.77. The van der Waals surface area contributed by atoms with Crippen LogP contribution in [-0.2, 0) is 22.5 Å². The zero-order chi connectivity index (χ0) is 33.4. The van der Waals surface area contributed by atoms with Crippen molar-refractivity contribution in [3.05, 3.63) is 59.9 Å². The van der Waals surface area contributed by atoms with Crippen LogP contribution in [0.1, 0.15) is 49.7 Å². The lowest BCUT2D eigenvalue weighted by Crippen LogP contribution is -2.42. The molecule has 5 rings (SSSR count). The molecule has 1 fully saturated rings. The molecule has 2 aromatic heterocycles. The molecule has 246 valence electrons. The number of rotatable bonds is 9. The van der Waals surface area contributed by atoms with Gasteiger partial charge in [0.15, 0.2) is 11.5 Å². The number of fused-ring (bicyclic) bond motifs is 1. The predicted octanol–water partition coefficient (Wildman–Crippen LogP) is 5.22. The molecule has 4 aromatic rings. The summed E-state index contributed by atoms with van der Waals surface area (Å²) in [6.07, 6.45) is 4.84. The quantitative estimate of drug-likeness (QED) is 0.251. The van der Waals surface area contributed by atoms with E-state index in [4.69, 9.17) is 14.5 Å². The van der Waals surface area contributed by atoms with Crippen LogP contribution < -0.4 is 24.4 Å². The van der Waals surface area contributed by atoms with E-state index in [2.05, 4.69) is 31.9 Å². The van der Waals surface area contributed by atoms with E-state index < -0.39 is 15.9 Å². The summed E-state index contributed by atoms with van der Waals surface area (Å²) in [4.78, 5) is 27.4. The minimum absolute atomic E-state index is 0.208. The van der Waals surface area contributed by atoms with E-state index in [1.807, 2.05) is 46.0 Å². The molecule has 0 saturated carbocycles. The molecule has 2 N–H and O–H groups in total. The Morgan fingerprint density at radius 2 is 1.76 bits per heavy atom. The lowest BCUT2D eigenvalue weighted by atomic mass is 9.86. The van der Waals surface area contributed by atoms with Crippen LogP contribution in [-0.4, -0.2) is 80.4 Å². The van der Waals surface area contributed by atoms with Crippen molar-refractivity contribution >= 4 is 44.2 Å². The Balaban J connectivity index is 1.45. The number of hydrogen-bond acceptors (Lipinski definition) is 9. The molecule has 0 radical (unpaired) electrons. The number of likely N-dealkylation sites (tertiary alicyclic amines) is 1. The Hall–Kier alpha value is -4.36. The standard InChI is InChI=1S/C33H43N7O5S/c1-33(2,3)22-19-24(30(44-7)25(20-22)37-46(8,42)43)35-31(41)26-18-21-10-9-11-27(29(21)40(26)6)45-28-12-15-34-32(36-28)39(5)23-13-16-38(4)17-14-23/h9-12,15,18-20,23,37H,13-14,16-17H2,1-8H3,(H,35,41). The Kier molecular flexibility index (Phi) is 9.19. The number of methoxy groups -OCH3 is 1. The van der Waals surface area contributed by atoms with Gasteiger partial charge >= 0.3 is 0 Å². The van der Waals surface area contributed by atoms with Crippen LogP contribution in [0.5, 0.6) is 17.4 Å². The summed E-state index contributed by atoms with van der Waals surface area (Å²) < 4.78 is 40.5. The summed E-state index contributed by atoms with van der Waals surface area (Å²) in [6.45, 7) is 8.07. The van der Waals surface area contributed by atoms with E-state index >= 15 is 0 Å². The molecule has 0 bridgehead atoms. The number of nitrogens with one attached hydrogen (secondary N) is 2. The van der Waals surface area contributed by atoms with Crippen LogP contribution in [0.25, 0.3) is 10.9 Å². The SMILES string of the molecule is COc1c(NC(=O)c2cc3cccc(Oc4ccnc(N(C)C5CCN(C)CC5)n4)c3n2C)cc(C(C)(C)C)cc1NS(C)(=O)=O. The summed E-state index contributed by atoms with van der Waals surface area (Å²) >= 11 is 0. The van der Waals surface area contributed by atoms with Crippen molar-refractivity contribution in [2.45, 2.75) is 45.1 Å². The fourth-order valence-electron chi connectivity index (χ4n) is 5.73. The molecule has 12 nitrogen and oxygen atoms in total. The highest BCUT2D eigenvalue weighted by molar-refractivity contribution is 7.92. The van der Waals surface area contributed by atoms with E-state index in [9.17, 15) is 13.2 Å². The Morgan fingerprint density at radius 3 is 2.41 bits per heavy atom. The van der Waals surface area contributed by atoms with Gasteiger partial charge in [0, 0.05) is 37.8 Å². The third-order valence-electron chi connectivity index (χ3n) is 8.34. The number of piperidine rings is 1. The number of carbonyl (C=O) groups is 1. The number of sulfonamides is 1. The highest BCUT2D eigenvalue weighted by Crippen LogP contribution is 2.40. The van der Waals surface area contributed by atoms with E-state index in [0.717, 1.165) is 43.1 Å². The molecule has 1 aliphatic heterocycles. The van der Waals surface area contributed by atoms with Crippen LogP contribution in [0.2, 0.25) is 0 Å². The number of ether oxygens (including phenoxy) is 2. The number of aryl methyl sites for hydroxylation is 1. The van der Waals surface area contributed by atoms with Crippen molar-refractivity contribution in [3.8, 4) is 17.4 Å². The lowest BCUT2D eigenvalue weighted by molar-refractivity contribution is 0.101. The number of nitrogens with zero attached hydrogens (tertiary/aromatic N) is 5. The average Bonchev–Trinajstić information content (AvgIpc) is 3.33. The monoisotopic (exact) mass is 649 g/mol. The van der Waals surface area contributed by atoms with Crippen LogP contribution in [0, 0.1) is 0 Å². The molecule has 2 aromatic carbocycles. The number of para-hydroxylation sites is 1. The summed E-state index contributed by atoms with van der Waals surface area (Å²) in [6, 6.07) is 13.0. The van der Waals surface area contributed by atoms with E-state index in [-0.39, 0.29) is 16.9 Å².